The van der Waals surface area contributed by atoms with Gasteiger partial charge in [-0.1, -0.05) is 19.9 Å². The van der Waals surface area contributed by atoms with E-state index in [2.05, 4.69) is 24.8 Å². The number of carbonyl (C=O) groups excluding carboxylic acids is 1. The second-order valence-electron chi connectivity index (χ2n) is 5.49. The smallest absolute Gasteiger partial charge is 0.225 e. The molecule has 1 heterocycles. The average Bonchev–Trinajstić information content (AvgIpc) is 2.56. The summed E-state index contributed by atoms with van der Waals surface area (Å²) in [5.74, 6) is 0.462. The quantitative estimate of drug-likeness (QED) is 0.854. The van der Waals surface area contributed by atoms with Crippen LogP contribution >= 0.6 is 0 Å². The third-order valence-electron chi connectivity index (χ3n) is 4.27. The van der Waals surface area contributed by atoms with Crippen molar-refractivity contribution in [3.8, 4) is 6.07 Å². The fraction of sp³-hybridized carbons (Fsp3) is 0.529. The van der Waals surface area contributed by atoms with Crippen molar-refractivity contribution < 1.29 is 4.79 Å². The standard InChI is InChI=1S/C17H23N3O/c1-3-15(4-2)17(21)20-10-8-19(9-11-20)16-7-5-6-14(12-16)13-18/h5-7,12,15H,3-4,8-11H2,1-2H3. The Balaban J connectivity index is 1.97. The van der Waals surface area contributed by atoms with E-state index in [1.165, 1.54) is 0 Å². The van der Waals surface area contributed by atoms with E-state index in [9.17, 15) is 4.79 Å². The lowest BCUT2D eigenvalue weighted by Gasteiger charge is -2.37. The maximum Gasteiger partial charge on any atom is 0.225 e. The number of carbonyl (C=O) groups is 1. The van der Waals surface area contributed by atoms with Gasteiger partial charge in [-0.3, -0.25) is 4.79 Å². The van der Waals surface area contributed by atoms with E-state index in [0.717, 1.165) is 44.7 Å². The summed E-state index contributed by atoms with van der Waals surface area (Å²) in [7, 11) is 0. The molecule has 21 heavy (non-hydrogen) atoms. The van der Waals surface area contributed by atoms with Gasteiger partial charge in [0.1, 0.15) is 0 Å². The minimum absolute atomic E-state index is 0.165. The van der Waals surface area contributed by atoms with Crippen LogP contribution in [-0.4, -0.2) is 37.0 Å². The molecule has 1 saturated heterocycles. The Morgan fingerprint density at radius 1 is 1.24 bits per heavy atom. The van der Waals surface area contributed by atoms with Gasteiger partial charge < -0.3 is 9.80 Å². The average molecular weight is 285 g/mol. The number of benzene rings is 1. The number of nitrogens with zero attached hydrogens (tertiary/aromatic N) is 3. The maximum atomic E-state index is 12.4. The Bertz CT molecular complexity index is 523. The first-order valence-electron chi connectivity index (χ1n) is 7.73. The van der Waals surface area contributed by atoms with Gasteiger partial charge in [-0.15, -0.1) is 0 Å². The monoisotopic (exact) mass is 285 g/mol. The van der Waals surface area contributed by atoms with E-state index in [-0.39, 0.29) is 5.92 Å². The summed E-state index contributed by atoms with van der Waals surface area (Å²) >= 11 is 0. The Hall–Kier alpha value is -2.02. The number of piperazine rings is 1. The molecule has 1 aliphatic heterocycles. The van der Waals surface area contributed by atoms with E-state index >= 15 is 0 Å². The second-order valence-corrected chi connectivity index (χ2v) is 5.49. The lowest BCUT2D eigenvalue weighted by Crippen LogP contribution is -2.50. The molecule has 0 saturated carbocycles. The van der Waals surface area contributed by atoms with E-state index in [1.54, 1.807) is 0 Å². The molecule has 1 amide bonds. The molecule has 1 aromatic carbocycles. The summed E-state index contributed by atoms with van der Waals surface area (Å²) in [6.07, 6.45) is 1.83. The molecular formula is C17H23N3O. The van der Waals surface area contributed by atoms with E-state index in [1.807, 2.05) is 29.2 Å². The number of hydrogen-bond donors (Lipinski definition) is 0. The molecule has 0 spiro atoms. The molecule has 112 valence electrons. The molecule has 0 N–H and O–H groups in total. The zero-order chi connectivity index (χ0) is 15.2. The highest BCUT2D eigenvalue weighted by Crippen LogP contribution is 2.19. The van der Waals surface area contributed by atoms with Crippen LogP contribution in [0.3, 0.4) is 0 Å². The van der Waals surface area contributed by atoms with Gasteiger partial charge in [-0.05, 0) is 31.0 Å². The summed E-state index contributed by atoms with van der Waals surface area (Å²) < 4.78 is 0. The normalized spacial score (nSPS) is 15.1. The molecular weight excluding hydrogens is 262 g/mol. The van der Waals surface area contributed by atoms with Crippen molar-refractivity contribution in [2.45, 2.75) is 26.7 Å². The Labute approximate surface area is 127 Å². The van der Waals surface area contributed by atoms with Gasteiger partial charge in [-0.25, -0.2) is 0 Å². The molecule has 0 aliphatic carbocycles. The number of hydrogen-bond acceptors (Lipinski definition) is 3. The molecule has 0 aromatic heterocycles. The number of nitriles is 1. The van der Waals surface area contributed by atoms with Gasteiger partial charge >= 0.3 is 0 Å². The van der Waals surface area contributed by atoms with Crippen LogP contribution in [0.25, 0.3) is 0 Å². The molecule has 1 aliphatic rings. The number of amides is 1. The number of anilines is 1. The van der Waals surface area contributed by atoms with Crippen molar-refractivity contribution in [3.63, 3.8) is 0 Å². The van der Waals surface area contributed by atoms with Crippen molar-refractivity contribution in [1.29, 1.82) is 5.26 Å². The van der Waals surface area contributed by atoms with Crippen molar-refractivity contribution in [2.24, 2.45) is 5.92 Å². The predicted molar refractivity (Wildman–Crippen MR) is 84.0 cm³/mol. The van der Waals surface area contributed by atoms with Gasteiger partial charge in [0.2, 0.25) is 5.91 Å². The van der Waals surface area contributed by atoms with Gasteiger partial charge in [0.15, 0.2) is 0 Å². The van der Waals surface area contributed by atoms with Crippen LogP contribution in [-0.2, 0) is 4.79 Å². The highest BCUT2D eigenvalue weighted by molar-refractivity contribution is 5.79. The van der Waals surface area contributed by atoms with Gasteiger partial charge in [0, 0.05) is 37.8 Å². The molecule has 1 aromatic rings. The van der Waals surface area contributed by atoms with Crippen LogP contribution in [0.2, 0.25) is 0 Å². The van der Waals surface area contributed by atoms with Gasteiger partial charge in [-0.2, -0.15) is 5.26 Å². The fourth-order valence-corrected chi connectivity index (χ4v) is 2.85. The minimum Gasteiger partial charge on any atom is -0.368 e. The van der Waals surface area contributed by atoms with Crippen molar-refractivity contribution in [2.75, 3.05) is 31.1 Å². The molecule has 0 atom stereocenters. The summed E-state index contributed by atoms with van der Waals surface area (Å²) in [5.41, 5.74) is 1.76. The van der Waals surface area contributed by atoms with Crippen molar-refractivity contribution >= 4 is 11.6 Å². The first kappa shape index (κ1) is 15.4. The Morgan fingerprint density at radius 3 is 2.48 bits per heavy atom. The van der Waals surface area contributed by atoms with Crippen LogP contribution in [0.15, 0.2) is 24.3 Å². The first-order chi connectivity index (χ1) is 10.2. The molecule has 0 bridgehead atoms. The Kier molecular flexibility index (Phi) is 5.21. The molecule has 2 rings (SSSR count). The molecule has 0 radical (unpaired) electrons. The highest BCUT2D eigenvalue weighted by atomic mass is 16.2. The van der Waals surface area contributed by atoms with Crippen LogP contribution in [0.4, 0.5) is 5.69 Å². The van der Waals surface area contributed by atoms with Crippen LogP contribution in [0.5, 0.6) is 0 Å². The summed E-state index contributed by atoms with van der Waals surface area (Å²) in [4.78, 5) is 16.6. The van der Waals surface area contributed by atoms with Crippen molar-refractivity contribution in [1.82, 2.24) is 4.90 Å². The largest absolute Gasteiger partial charge is 0.368 e. The Morgan fingerprint density at radius 2 is 1.90 bits per heavy atom. The van der Waals surface area contributed by atoms with Crippen molar-refractivity contribution in [3.05, 3.63) is 29.8 Å². The fourth-order valence-electron chi connectivity index (χ4n) is 2.85. The topological polar surface area (TPSA) is 47.3 Å². The van der Waals surface area contributed by atoms with E-state index < -0.39 is 0 Å². The van der Waals surface area contributed by atoms with Gasteiger partial charge in [0.25, 0.3) is 0 Å². The van der Waals surface area contributed by atoms with E-state index in [4.69, 9.17) is 5.26 Å². The second kappa shape index (κ2) is 7.12. The number of rotatable bonds is 4. The van der Waals surface area contributed by atoms with Crippen LogP contribution in [0, 0.1) is 17.2 Å². The summed E-state index contributed by atoms with van der Waals surface area (Å²) in [5, 5.41) is 8.97. The highest BCUT2D eigenvalue weighted by Gasteiger charge is 2.25. The molecule has 4 heteroatoms. The van der Waals surface area contributed by atoms with Gasteiger partial charge in [0.05, 0.1) is 11.6 Å². The molecule has 1 fully saturated rings. The SMILES string of the molecule is CCC(CC)C(=O)N1CCN(c2cccc(C#N)c2)CC1. The molecule has 4 nitrogen and oxygen atoms in total. The summed E-state index contributed by atoms with van der Waals surface area (Å²) in [6.45, 7) is 7.37. The zero-order valence-corrected chi connectivity index (χ0v) is 12.9. The lowest BCUT2D eigenvalue weighted by molar-refractivity contribution is -0.136. The zero-order valence-electron chi connectivity index (χ0n) is 12.9. The minimum atomic E-state index is 0.165. The third-order valence-corrected chi connectivity index (χ3v) is 4.27. The van der Waals surface area contributed by atoms with E-state index in [0.29, 0.717) is 11.5 Å². The van der Waals surface area contributed by atoms with Crippen LogP contribution in [0.1, 0.15) is 32.3 Å². The lowest BCUT2D eigenvalue weighted by atomic mass is 10.0. The first-order valence-corrected chi connectivity index (χ1v) is 7.73. The van der Waals surface area contributed by atoms with Crippen LogP contribution < -0.4 is 4.90 Å². The predicted octanol–water partition coefficient (Wildman–Crippen LogP) is 2.64. The maximum absolute atomic E-state index is 12.4. The molecule has 0 unspecified atom stereocenters. The summed E-state index contributed by atoms with van der Waals surface area (Å²) in [6, 6.07) is 9.84. The third kappa shape index (κ3) is 3.55.